The first-order valence-corrected chi connectivity index (χ1v) is 5.64. The summed E-state index contributed by atoms with van der Waals surface area (Å²) in [7, 11) is -3.44. The van der Waals surface area contributed by atoms with Crippen LogP contribution in [-0.2, 0) is 16.4 Å². The summed E-state index contributed by atoms with van der Waals surface area (Å²) in [6, 6.07) is 7.84. The average Bonchev–Trinajstić information content (AvgIpc) is 2.18. The minimum Gasteiger partial charge on any atom is -0.326 e. The zero-order chi connectivity index (χ0) is 10.6. The van der Waals surface area contributed by atoms with Gasteiger partial charge in [0, 0.05) is 6.54 Å². The van der Waals surface area contributed by atoms with Gasteiger partial charge in [0.15, 0.2) is 9.84 Å². The molecule has 5 heteroatoms. The van der Waals surface area contributed by atoms with Crippen molar-refractivity contribution in [1.29, 1.82) is 5.26 Å². The highest BCUT2D eigenvalue weighted by molar-refractivity contribution is 7.91. The summed E-state index contributed by atoms with van der Waals surface area (Å²) in [5.74, 6) is -0.491. The van der Waals surface area contributed by atoms with Crippen molar-refractivity contribution in [2.24, 2.45) is 5.73 Å². The molecule has 74 valence electrons. The van der Waals surface area contributed by atoms with E-state index in [-0.39, 0.29) is 4.90 Å². The second kappa shape index (κ2) is 4.22. The predicted molar refractivity (Wildman–Crippen MR) is 52.0 cm³/mol. The summed E-state index contributed by atoms with van der Waals surface area (Å²) in [6.07, 6.45) is 0. The Bertz CT molecular complexity index is 443. The van der Waals surface area contributed by atoms with Gasteiger partial charge >= 0.3 is 0 Å². The Morgan fingerprint density at radius 1 is 1.29 bits per heavy atom. The molecule has 0 aliphatic carbocycles. The Hall–Kier alpha value is -1.38. The molecule has 0 fully saturated rings. The molecule has 0 spiro atoms. The fraction of sp³-hybridized carbons (Fsp3) is 0.222. The fourth-order valence-electron chi connectivity index (χ4n) is 1.00. The van der Waals surface area contributed by atoms with Crippen LogP contribution in [0.2, 0.25) is 0 Å². The van der Waals surface area contributed by atoms with Crippen molar-refractivity contribution >= 4 is 9.84 Å². The van der Waals surface area contributed by atoms with Gasteiger partial charge in [-0.2, -0.15) is 5.26 Å². The molecular weight excluding hydrogens is 200 g/mol. The minimum atomic E-state index is -3.44. The van der Waals surface area contributed by atoms with Crippen molar-refractivity contribution in [3.8, 4) is 6.07 Å². The zero-order valence-corrected chi connectivity index (χ0v) is 8.29. The van der Waals surface area contributed by atoms with E-state index < -0.39 is 15.6 Å². The molecule has 0 atom stereocenters. The molecule has 0 heterocycles. The van der Waals surface area contributed by atoms with Gasteiger partial charge in [0.25, 0.3) is 0 Å². The molecule has 1 rings (SSSR count). The van der Waals surface area contributed by atoms with E-state index in [1.807, 2.05) is 0 Å². The van der Waals surface area contributed by atoms with E-state index in [1.165, 1.54) is 12.1 Å². The monoisotopic (exact) mass is 210 g/mol. The van der Waals surface area contributed by atoms with Crippen LogP contribution in [0.25, 0.3) is 0 Å². The van der Waals surface area contributed by atoms with E-state index in [0.717, 1.165) is 5.56 Å². The van der Waals surface area contributed by atoms with Crippen LogP contribution in [0.15, 0.2) is 29.2 Å². The maximum atomic E-state index is 11.4. The van der Waals surface area contributed by atoms with Crippen LogP contribution in [0.4, 0.5) is 0 Å². The van der Waals surface area contributed by atoms with Gasteiger partial charge in [0.2, 0.25) is 0 Å². The maximum Gasteiger partial charge on any atom is 0.191 e. The fourth-order valence-corrected chi connectivity index (χ4v) is 1.89. The van der Waals surface area contributed by atoms with Crippen molar-refractivity contribution in [2.75, 3.05) is 5.75 Å². The van der Waals surface area contributed by atoms with Gasteiger partial charge in [-0.25, -0.2) is 8.42 Å². The summed E-state index contributed by atoms with van der Waals surface area (Å²) >= 11 is 0. The summed E-state index contributed by atoms with van der Waals surface area (Å²) in [5.41, 5.74) is 6.23. The van der Waals surface area contributed by atoms with Gasteiger partial charge in [-0.3, -0.25) is 0 Å². The second-order valence-corrected chi connectivity index (χ2v) is 4.75. The zero-order valence-electron chi connectivity index (χ0n) is 7.47. The molecule has 0 aromatic heterocycles. The SMILES string of the molecule is N#CCS(=O)(=O)c1ccc(CN)cc1. The second-order valence-electron chi connectivity index (χ2n) is 2.77. The van der Waals surface area contributed by atoms with E-state index in [4.69, 9.17) is 11.0 Å². The van der Waals surface area contributed by atoms with Crippen LogP contribution in [0.1, 0.15) is 5.56 Å². The Kier molecular flexibility index (Phi) is 3.23. The highest BCUT2D eigenvalue weighted by Gasteiger charge is 2.12. The third-order valence-corrected chi connectivity index (χ3v) is 3.27. The Morgan fingerprint density at radius 2 is 1.86 bits per heavy atom. The topological polar surface area (TPSA) is 84.0 Å². The van der Waals surface area contributed by atoms with Crippen molar-refractivity contribution in [2.45, 2.75) is 11.4 Å². The van der Waals surface area contributed by atoms with Crippen LogP contribution in [0.5, 0.6) is 0 Å². The van der Waals surface area contributed by atoms with Gasteiger partial charge in [0.05, 0.1) is 11.0 Å². The molecule has 0 saturated heterocycles. The highest BCUT2D eigenvalue weighted by Crippen LogP contribution is 2.11. The van der Waals surface area contributed by atoms with Crippen LogP contribution >= 0.6 is 0 Å². The molecule has 4 nitrogen and oxygen atoms in total. The minimum absolute atomic E-state index is 0.163. The Balaban J connectivity index is 3.05. The van der Waals surface area contributed by atoms with Crippen molar-refractivity contribution in [1.82, 2.24) is 0 Å². The molecule has 0 aliphatic rings. The smallest absolute Gasteiger partial charge is 0.191 e. The number of nitriles is 1. The largest absolute Gasteiger partial charge is 0.326 e. The number of hydrogen-bond acceptors (Lipinski definition) is 4. The molecule has 0 aliphatic heterocycles. The lowest BCUT2D eigenvalue weighted by atomic mass is 10.2. The first-order chi connectivity index (χ1) is 6.60. The van der Waals surface area contributed by atoms with Crippen LogP contribution in [0, 0.1) is 11.3 Å². The van der Waals surface area contributed by atoms with Crippen LogP contribution in [-0.4, -0.2) is 14.2 Å². The van der Waals surface area contributed by atoms with Gasteiger partial charge in [-0.05, 0) is 17.7 Å². The van der Waals surface area contributed by atoms with E-state index in [0.29, 0.717) is 6.54 Å². The molecule has 0 bridgehead atoms. The molecule has 0 radical (unpaired) electrons. The molecule has 0 saturated carbocycles. The third kappa shape index (κ3) is 2.31. The molecule has 1 aromatic carbocycles. The van der Waals surface area contributed by atoms with Crippen LogP contribution < -0.4 is 5.73 Å². The lowest BCUT2D eigenvalue weighted by Crippen LogP contribution is -2.05. The van der Waals surface area contributed by atoms with Crippen molar-refractivity contribution < 1.29 is 8.42 Å². The summed E-state index contributed by atoms with van der Waals surface area (Å²) in [4.78, 5) is 0.163. The normalized spacial score (nSPS) is 10.9. The number of benzene rings is 1. The van der Waals surface area contributed by atoms with Crippen molar-refractivity contribution in [3.63, 3.8) is 0 Å². The number of rotatable bonds is 3. The molecule has 2 N–H and O–H groups in total. The third-order valence-electron chi connectivity index (χ3n) is 1.77. The molecule has 14 heavy (non-hydrogen) atoms. The summed E-state index contributed by atoms with van der Waals surface area (Å²) < 4.78 is 22.8. The standard InChI is InChI=1S/C9H10N2O2S/c10-5-6-14(12,13)9-3-1-8(7-11)2-4-9/h1-4H,6-7,11H2. The lowest BCUT2D eigenvalue weighted by Gasteiger charge is -2.00. The summed E-state index contributed by atoms with van der Waals surface area (Å²) in [5, 5.41) is 8.31. The average molecular weight is 210 g/mol. The van der Waals surface area contributed by atoms with Crippen LogP contribution in [0.3, 0.4) is 0 Å². The number of sulfone groups is 1. The molecule has 0 amide bonds. The van der Waals surface area contributed by atoms with E-state index >= 15 is 0 Å². The molecule has 1 aromatic rings. The highest BCUT2D eigenvalue weighted by atomic mass is 32.2. The quantitative estimate of drug-likeness (QED) is 0.784. The van der Waals surface area contributed by atoms with Crippen molar-refractivity contribution in [3.05, 3.63) is 29.8 Å². The van der Waals surface area contributed by atoms with Gasteiger partial charge < -0.3 is 5.73 Å². The molecular formula is C9H10N2O2S. The van der Waals surface area contributed by atoms with E-state index in [2.05, 4.69) is 0 Å². The van der Waals surface area contributed by atoms with Gasteiger partial charge in [-0.15, -0.1) is 0 Å². The number of hydrogen-bond donors (Lipinski definition) is 1. The maximum absolute atomic E-state index is 11.4. The first kappa shape index (κ1) is 10.7. The molecule has 0 unspecified atom stereocenters. The van der Waals surface area contributed by atoms with Gasteiger partial charge in [0.1, 0.15) is 5.75 Å². The lowest BCUT2D eigenvalue weighted by molar-refractivity contribution is 0.599. The van der Waals surface area contributed by atoms with E-state index in [1.54, 1.807) is 18.2 Å². The Labute approximate surface area is 82.9 Å². The number of nitrogens with two attached hydrogens (primary N) is 1. The number of nitrogens with zero attached hydrogens (tertiary/aromatic N) is 1. The predicted octanol–water partition coefficient (Wildman–Crippen LogP) is 0.443. The Morgan fingerprint density at radius 3 is 2.29 bits per heavy atom. The van der Waals surface area contributed by atoms with E-state index in [9.17, 15) is 8.42 Å². The first-order valence-electron chi connectivity index (χ1n) is 3.99. The summed E-state index contributed by atoms with van der Waals surface area (Å²) in [6.45, 7) is 0.374. The van der Waals surface area contributed by atoms with Gasteiger partial charge in [-0.1, -0.05) is 12.1 Å².